The fourth-order valence-electron chi connectivity index (χ4n) is 7.24. The van der Waals surface area contributed by atoms with Crippen LogP contribution in [0.25, 0.3) is 33.2 Å². The molecule has 2 aromatic carbocycles. The van der Waals surface area contributed by atoms with Crippen LogP contribution in [-0.2, 0) is 24.7 Å². The Labute approximate surface area is 291 Å². The van der Waals surface area contributed by atoms with Crippen LogP contribution >= 0.6 is 11.6 Å². The summed E-state index contributed by atoms with van der Waals surface area (Å²) in [5.74, 6) is 0.976. The Bertz CT molecular complexity index is 2200. The number of nitrogens with one attached hydrogen (secondary N) is 2. The van der Waals surface area contributed by atoms with Crippen LogP contribution in [0.4, 0.5) is 20.3 Å². The normalized spacial score (nSPS) is 18.7. The number of nitrogens with zero attached hydrogens (tertiary/aromatic N) is 4. The average Bonchev–Trinajstić information content (AvgIpc) is 3.37. The van der Waals surface area contributed by atoms with Gasteiger partial charge in [0.15, 0.2) is 0 Å². The van der Waals surface area contributed by atoms with Gasteiger partial charge in [0, 0.05) is 34.8 Å². The van der Waals surface area contributed by atoms with Gasteiger partial charge in [0.2, 0.25) is 5.88 Å². The maximum Gasteiger partial charge on any atom is 0.307 e. The topological polar surface area (TPSA) is 131 Å². The number of carboxylic acid groups (broad SMARTS) is 1. The zero-order valence-electron chi connectivity index (χ0n) is 27.6. The number of halogens is 3. The van der Waals surface area contributed by atoms with E-state index in [0.717, 1.165) is 70.5 Å². The van der Waals surface area contributed by atoms with Gasteiger partial charge in [0.25, 0.3) is 12.0 Å². The lowest BCUT2D eigenvalue weighted by atomic mass is 9.96. The second kappa shape index (κ2) is 13.4. The summed E-state index contributed by atoms with van der Waals surface area (Å²) >= 11 is 7.03. The van der Waals surface area contributed by atoms with Crippen molar-refractivity contribution in [2.75, 3.05) is 25.5 Å². The lowest BCUT2D eigenvalue weighted by molar-refractivity contribution is -0.139. The fraction of sp³-hybridized carbons (Fsp3) is 0.324. The van der Waals surface area contributed by atoms with Crippen LogP contribution in [0.5, 0.6) is 5.88 Å². The molecule has 5 aromatic rings. The molecule has 10 nitrogen and oxygen atoms in total. The third-order valence-corrected chi connectivity index (χ3v) is 10.4. The van der Waals surface area contributed by atoms with E-state index in [4.69, 9.17) is 26.4 Å². The van der Waals surface area contributed by atoms with Crippen molar-refractivity contribution < 1.29 is 23.4 Å². The number of anilines is 2. The Hall–Kier alpha value is -4.94. The van der Waals surface area contributed by atoms with Gasteiger partial charge in [-0.25, -0.2) is 23.4 Å². The molecule has 8 rings (SSSR count). The van der Waals surface area contributed by atoms with E-state index < -0.39 is 23.6 Å². The smallest absolute Gasteiger partial charge is 0.307 e. The number of aliphatic carboxylic acids is 1. The van der Waals surface area contributed by atoms with Gasteiger partial charge < -0.3 is 20.5 Å². The van der Waals surface area contributed by atoms with Crippen molar-refractivity contribution in [2.24, 2.45) is 24.8 Å². The summed E-state index contributed by atoms with van der Waals surface area (Å²) in [4.78, 5) is 32.1. The minimum Gasteiger partial charge on any atom is -0.481 e. The van der Waals surface area contributed by atoms with Gasteiger partial charge in [-0.05, 0) is 86.0 Å². The third-order valence-electron chi connectivity index (χ3n) is 9.94. The number of benzene rings is 2. The molecule has 1 saturated heterocycles. The van der Waals surface area contributed by atoms with Crippen molar-refractivity contribution in [3.05, 3.63) is 92.5 Å². The Morgan fingerprint density at radius 2 is 1.80 bits per heavy atom. The minimum atomic E-state index is -2.82. The molecule has 3 N–H and O–H groups in total. The molecule has 3 aliphatic rings. The summed E-state index contributed by atoms with van der Waals surface area (Å²) in [6.07, 6.45) is 1.55. The van der Waals surface area contributed by atoms with Gasteiger partial charge >= 0.3 is 5.97 Å². The Kier molecular flexibility index (Phi) is 9.00. The summed E-state index contributed by atoms with van der Waals surface area (Å²) in [5, 5.41) is 19.8. The van der Waals surface area contributed by atoms with E-state index in [2.05, 4.69) is 26.8 Å². The number of carboxylic acids is 1. The van der Waals surface area contributed by atoms with Gasteiger partial charge in [-0.2, -0.15) is 5.10 Å². The van der Waals surface area contributed by atoms with Crippen LogP contribution in [0.1, 0.15) is 35.2 Å². The summed E-state index contributed by atoms with van der Waals surface area (Å²) in [6, 6.07) is 14.6. The zero-order chi connectivity index (χ0) is 35.3. The van der Waals surface area contributed by atoms with Crippen LogP contribution < -0.4 is 20.9 Å². The number of rotatable bonds is 7. The number of carbonyl (C=O) groups is 1. The predicted octanol–water partition coefficient (Wildman–Crippen LogP) is 6.73. The van der Waals surface area contributed by atoms with E-state index in [1.807, 2.05) is 37.3 Å². The Morgan fingerprint density at radius 3 is 2.50 bits per heavy atom. The lowest BCUT2D eigenvalue weighted by Crippen LogP contribution is -2.20. The van der Waals surface area contributed by atoms with Crippen molar-refractivity contribution in [1.29, 1.82) is 0 Å². The predicted molar refractivity (Wildman–Crippen MR) is 187 cm³/mol. The van der Waals surface area contributed by atoms with Crippen LogP contribution in [-0.4, -0.2) is 51.0 Å². The molecule has 0 radical (unpaired) electrons. The molecule has 258 valence electrons. The van der Waals surface area contributed by atoms with E-state index >= 15 is 0 Å². The van der Waals surface area contributed by atoms with Crippen molar-refractivity contribution in [3.63, 3.8) is 0 Å². The minimum absolute atomic E-state index is 0.00810. The first-order valence-electron chi connectivity index (χ1n) is 16.4. The molecule has 1 aliphatic heterocycles. The fourth-order valence-corrected chi connectivity index (χ4v) is 7.57. The number of aromatic nitrogens is 4. The molecule has 2 unspecified atom stereocenters. The molecule has 0 spiro atoms. The van der Waals surface area contributed by atoms with Crippen LogP contribution in [0.3, 0.4) is 0 Å². The molecule has 0 amide bonds. The summed E-state index contributed by atoms with van der Waals surface area (Å²) in [7, 11) is 3.13. The molecule has 2 atom stereocenters. The van der Waals surface area contributed by atoms with Gasteiger partial charge in [0.1, 0.15) is 11.5 Å². The van der Waals surface area contributed by atoms with Crippen LogP contribution in [0, 0.1) is 24.7 Å². The highest BCUT2D eigenvalue weighted by molar-refractivity contribution is 6.36. The van der Waals surface area contributed by atoms with E-state index in [0.29, 0.717) is 28.4 Å². The number of aryl methyl sites for hydroxylation is 2. The van der Waals surface area contributed by atoms with Crippen LogP contribution in [0.2, 0.25) is 5.02 Å². The van der Waals surface area contributed by atoms with E-state index in [1.54, 1.807) is 13.2 Å². The highest BCUT2D eigenvalue weighted by atomic mass is 35.5. The second-order valence-corrected chi connectivity index (χ2v) is 13.2. The molecule has 2 fully saturated rings. The van der Waals surface area contributed by atoms with Crippen molar-refractivity contribution in [1.82, 2.24) is 25.1 Å². The maximum atomic E-state index is 13.7. The first-order chi connectivity index (χ1) is 24.1. The van der Waals surface area contributed by atoms with Gasteiger partial charge in [-0.1, -0.05) is 41.9 Å². The standard InChI is InChI=1S/C31H26ClF2N5O2.C6H9NO2/c1-16-19(21-10-5-11-22(27(21)32)24-13-17-7-4-9-20(17)30(38-24)41-3)8-6-12-23(16)36-29-26-18(14-25(37-29)28(33)34)15-35-39(2)31(26)40;8-6(9)5-3-1-7-2-4(3)5/h5-6,8,10-15,28H,4,7,9H2,1-3H3,(H,36,37);3-5,7H,1-2H2,(H,8,9). The van der Waals surface area contributed by atoms with Gasteiger partial charge in [0.05, 0.1) is 35.3 Å². The molecule has 3 aromatic heterocycles. The molecule has 1 saturated carbocycles. The summed E-state index contributed by atoms with van der Waals surface area (Å²) in [5.41, 5.74) is 6.02. The molecule has 2 aliphatic carbocycles. The number of methoxy groups -OCH3 is 1. The van der Waals surface area contributed by atoms with E-state index in [1.165, 1.54) is 24.9 Å². The SMILES string of the molecule is COc1nc(-c2cccc(-c3cccc(Nc4nc(C(F)F)cc5cnn(C)c(=O)c45)c3C)c2Cl)cc2c1CCC2.O=C(O)C1C2CNCC21. The number of fused-ring (bicyclic) bond motifs is 3. The summed E-state index contributed by atoms with van der Waals surface area (Å²) < 4.78 is 34.1. The molecule has 0 bridgehead atoms. The third kappa shape index (κ3) is 6.07. The second-order valence-electron chi connectivity index (χ2n) is 12.9. The number of hydrogen-bond donors (Lipinski definition) is 3. The monoisotopic (exact) mass is 700 g/mol. The highest BCUT2D eigenvalue weighted by Gasteiger charge is 2.57. The van der Waals surface area contributed by atoms with Crippen molar-refractivity contribution >= 4 is 39.8 Å². The number of ether oxygens (including phenoxy) is 1. The quantitative estimate of drug-likeness (QED) is 0.169. The first-order valence-corrected chi connectivity index (χ1v) is 16.8. The molecular weight excluding hydrogens is 666 g/mol. The number of piperidine rings is 1. The molecule has 13 heteroatoms. The van der Waals surface area contributed by atoms with E-state index in [-0.39, 0.29) is 22.5 Å². The zero-order valence-corrected chi connectivity index (χ0v) is 28.4. The Balaban J connectivity index is 0.000000375. The van der Waals surface area contributed by atoms with Crippen molar-refractivity contribution in [3.8, 4) is 28.3 Å². The van der Waals surface area contributed by atoms with Gasteiger partial charge in [-0.15, -0.1) is 0 Å². The number of alkyl halides is 2. The molecular formula is C37H35ClF2N6O4. The first kappa shape index (κ1) is 33.6. The van der Waals surface area contributed by atoms with Crippen molar-refractivity contribution in [2.45, 2.75) is 32.6 Å². The highest BCUT2D eigenvalue weighted by Crippen LogP contribution is 2.48. The lowest BCUT2D eigenvalue weighted by Gasteiger charge is -2.17. The Morgan fingerprint density at radius 1 is 1.08 bits per heavy atom. The van der Waals surface area contributed by atoms with E-state index in [9.17, 15) is 18.4 Å². The number of hydrogen-bond acceptors (Lipinski definition) is 8. The van der Waals surface area contributed by atoms with Gasteiger partial charge in [-0.3, -0.25) is 9.59 Å². The van der Waals surface area contributed by atoms with Crippen LogP contribution in [0.15, 0.2) is 59.5 Å². The summed E-state index contributed by atoms with van der Waals surface area (Å²) in [6.45, 7) is 3.74. The number of pyridine rings is 2. The largest absolute Gasteiger partial charge is 0.481 e. The molecule has 50 heavy (non-hydrogen) atoms. The maximum absolute atomic E-state index is 13.7. The average molecular weight is 701 g/mol. The molecule has 4 heterocycles.